The number of primary amides is 1. The molecule has 0 bridgehead atoms. The van der Waals surface area contributed by atoms with Gasteiger partial charge in [-0.1, -0.05) is 24.3 Å². The second kappa shape index (κ2) is 10.2. The summed E-state index contributed by atoms with van der Waals surface area (Å²) in [6.45, 7) is 4.85. The molecule has 4 N–H and O–H groups in total. The van der Waals surface area contributed by atoms with E-state index in [4.69, 9.17) is 5.73 Å². The maximum atomic E-state index is 13.8. The van der Waals surface area contributed by atoms with E-state index in [-0.39, 0.29) is 6.42 Å². The SMILES string of the molecule is C=CCCC[C@@H](NC(=O)[C@@H](Cc1ccccc1F)NC(C)=O)C(N)=O. The van der Waals surface area contributed by atoms with Crippen LogP contribution in [0.2, 0.25) is 0 Å². The summed E-state index contributed by atoms with van der Waals surface area (Å²) in [5, 5.41) is 5.02. The van der Waals surface area contributed by atoms with Gasteiger partial charge < -0.3 is 16.4 Å². The zero-order valence-electron chi connectivity index (χ0n) is 14.3. The number of hydrogen-bond acceptors (Lipinski definition) is 3. The summed E-state index contributed by atoms with van der Waals surface area (Å²) in [5.74, 6) is -2.15. The molecular weight excluding hydrogens is 325 g/mol. The van der Waals surface area contributed by atoms with Gasteiger partial charge in [0.2, 0.25) is 17.7 Å². The molecular formula is C18H24FN3O3. The summed E-state index contributed by atoms with van der Waals surface area (Å²) in [4.78, 5) is 35.4. The van der Waals surface area contributed by atoms with Crippen LogP contribution < -0.4 is 16.4 Å². The molecule has 7 heteroatoms. The van der Waals surface area contributed by atoms with Crippen molar-refractivity contribution in [2.75, 3.05) is 0 Å². The molecule has 0 aromatic heterocycles. The van der Waals surface area contributed by atoms with Gasteiger partial charge in [0, 0.05) is 13.3 Å². The first-order valence-electron chi connectivity index (χ1n) is 8.06. The van der Waals surface area contributed by atoms with E-state index < -0.39 is 35.6 Å². The molecule has 2 atom stereocenters. The van der Waals surface area contributed by atoms with Crippen LogP contribution >= 0.6 is 0 Å². The molecule has 0 spiro atoms. The molecule has 0 fully saturated rings. The van der Waals surface area contributed by atoms with Gasteiger partial charge in [-0.2, -0.15) is 0 Å². The molecule has 0 aliphatic heterocycles. The van der Waals surface area contributed by atoms with Crippen LogP contribution in [0.1, 0.15) is 31.7 Å². The first-order chi connectivity index (χ1) is 11.8. The van der Waals surface area contributed by atoms with Gasteiger partial charge in [-0.05, 0) is 30.9 Å². The minimum absolute atomic E-state index is 0.0315. The lowest BCUT2D eigenvalue weighted by atomic mass is 10.0. The van der Waals surface area contributed by atoms with E-state index in [0.717, 1.165) is 0 Å². The minimum atomic E-state index is -1.00. The Morgan fingerprint density at radius 1 is 1.24 bits per heavy atom. The Morgan fingerprint density at radius 3 is 2.48 bits per heavy atom. The van der Waals surface area contributed by atoms with Gasteiger partial charge in [-0.25, -0.2) is 4.39 Å². The largest absolute Gasteiger partial charge is 0.368 e. The van der Waals surface area contributed by atoms with Crippen LogP contribution in [-0.2, 0) is 20.8 Å². The monoisotopic (exact) mass is 349 g/mol. The van der Waals surface area contributed by atoms with Crippen LogP contribution in [0.5, 0.6) is 0 Å². The Balaban J connectivity index is 2.84. The summed E-state index contributed by atoms with van der Waals surface area (Å²) in [5.41, 5.74) is 5.61. The Kier molecular flexibility index (Phi) is 8.32. The first kappa shape index (κ1) is 20.3. The Morgan fingerprint density at radius 2 is 1.92 bits per heavy atom. The van der Waals surface area contributed by atoms with E-state index in [0.29, 0.717) is 24.8 Å². The topological polar surface area (TPSA) is 101 Å². The van der Waals surface area contributed by atoms with Crippen LogP contribution in [0.15, 0.2) is 36.9 Å². The molecule has 1 aromatic rings. The standard InChI is InChI=1S/C18H24FN3O3/c1-3-4-5-10-15(17(20)24)22-18(25)16(21-12(2)23)11-13-8-6-7-9-14(13)19/h3,6-9,15-16H,1,4-5,10-11H2,2H3,(H2,20,24)(H,21,23)(H,22,25)/t15-,16-/m1/s1. The second-order valence-corrected chi connectivity index (χ2v) is 5.73. The molecule has 136 valence electrons. The van der Waals surface area contributed by atoms with Crippen LogP contribution in [0.25, 0.3) is 0 Å². The number of amides is 3. The molecule has 0 saturated carbocycles. The smallest absolute Gasteiger partial charge is 0.243 e. The van der Waals surface area contributed by atoms with Crippen molar-refractivity contribution in [2.45, 2.75) is 44.7 Å². The zero-order chi connectivity index (χ0) is 18.8. The van der Waals surface area contributed by atoms with Gasteiger partial charge in [0.15, 0.2) is 0 Å². The first-order valence-corrected chi connectivity index (χ1v) is 8.06. The molecule has 0 aliphatic carbocycles. The number of nitrogens with one attached hydrogen (secondary N) is 2. The number of halogens is 1. The van der Waals surface area contributed by atoms with Crippen molar-refractivity contribution < 1.29 is 18.8 Å². The molecule has 0 unspecified atom stereocenters. The highest BCUT2D eigenvalue weighted by molar-refractivity contribution is 5.91. The number of rotatable bonds is 10. The second-order valence-electron chi connectivity index (χ2n) is 5.73. The number of hydrogen-bond donors (Lipinski definition) is 3. The molecule has 0 heterocycles. The minimum Gasteiger partial charge on any atom is -0.368 e. The number of carbonyl (C=O) groups is 3. The predicted molar refractivity (Wildman–Crippen MR) is 92.9 cm³/mol. The highest BCUT2D eigenvalue weighted by Gasteiger charge is 2.25. The molecule has 1 aromatic carbocycles. The lowest BCUT2D eigenvalue weighted by Crippen LogP contribution is -2.53. The fourth-order valence-corrected chi connectivity index (χ4v) is 2.36. The van der Waals surface area contributed by atoms with Crippen molar-refractivity contribution in [3.63, 3.8) is 0 Å². The van der Waals surface area contributed by atoms with Crippen molar-refractivity contribution in [3.05, 3.63) is 48.3 Å². The van der Waals surface area contributed by atoms with Crippen LogP contribution in [0.4, 0.5) is 4.39 Å². The van der Waals surface area contributed by atoms with E-state index in [1.807, 2.05) is 0 Å². The van der Waals surface area contributed by atoms with Crippen molar-refractivity contribution in [3.8, 4) is 0 Å². The van der Waals surface area contributed by atoms with Gasteiger partial charge >= 0.3 is 0 Å². The lowest BCUT2D eigenvalue weighted by molar-refractivity contribution is -0.130. The average molecular weight is 349 g/mol. The van der Waals surface area contributed by atoms with Gasteiger partial charge in [0.1, 0.15) is 17.9 Å². The Bertz CT molecular complexity index is 634. The fourth-order valence-electron chi connectivity index (χ4n) is 2.36. The Hall–Kier alpha value is -2.70. The van der Waals surface area contributed by atoms with Gasteiger partial charge in [-0.3, -0.25) is 14.4 Å². The fraction of sp³-hybridized carbons (Fsp3) is 0.389. The third-order valence-corrected chi connectivity index (χ3v) is 3.64. The van der Waals surface area contributed by atoms with Crippen molar-refractivity contribution >= 4 is 17.7 Å². The molecule has 3 amide bonds. The van der Waals surface area contributed by atoms with Crippen molar-refractivity contribution in [1.82, 2.24) is 10.6 Å². The summed E-state index contributed by atoms with van der Waals surface area (Å²) in [7, 11) is 0. The molecule has 0 aliphatic rings. The van der Waals surface area contributed by atoms with E-state index >= 15 is 0 Å². The van der Waals surface area contributed by atoms with Crippen LogP contribution in [-0.4, -0.2) is 29.8 Å². The predicted octanol–water partition coefficient (Wildman–Crippen LogP) is 1.20. The van der Waals surface area contributed by atoms with E-state index in [1.54, 1.807) is 12.1 Å². The average Bonchev–Trinajstić information content (AvgIpc) is 2.54. The molecule has 0 saturated heterocycles. The lowest BCUT2D eigenvalue weighted by Gasteiger charge is -2.21. The van der Waals surface area contributed by atoms with E-state index in [9.17, 15) is 18.8 Å². The van der Waals surface area contributed by atoms with Crippen LogP contribution in [0.3, 0.4) is 0 Å². The van der Waals surface area contributed by atoms with Gasteiger partial charge in [-0.15, -0.1) is 6.58 Å². The highest BCUT2D eigenvalue weighted by atomic mass is 19.1. The maximum absolute atomic E-state index is 13.8. The highest BCUT2D eigenvalue weighted by Crippen LogP contribution is 2.10. The summed E-state index contributed by atoms with van der Waals surface area (Å²) in [6.07, 6.45) is 3.35. The van der Waals surface area contributed by atoms with Crippen LogP contribution in [0, 0.1) is 5.82 Å². The summed E-state index contributed by atoms with van der Waals surface area (Å²) >= 11 is 0. The van der Waals surface area contributed by atoms with Crippen molar-refractivity contribution in [1.29, 1.82) is 0 Å². The quantitative estimate of drug-likeness (QED) is 0.437. The molecule has 25 heavy (non-hydrogen) atoms. The third kappa shape index (κ3) is 7.15. The third-order valence-electron chi connectivity index (χ3n) is 3.64. The number of nitrogens with two attached hydrogens (primary N) is 1. The summed E-state index contributed by atoms with van der Waals surface area (Å²) in [6, 6.07) is 4.13. The van der Waals surface area contributed by atoms with Gasteiger partial charge in [0.05, 0.1) is 0 Å². The number of allylic oxidation sites excluding steroid dienone is 1. The number of benzene rings is 1. The van der Waals surface area contributed by atoms with Gasteiger partial charge in [0.25, 0.3) is 0 Å². The molecule has 1 rings (SSSR count). The number of unbranched alkanes of at least 4 members (excludes halogenated alkanes) is 1. The summed E-state index contributed by atoms with van der Waals surface area (Å²) < 4.78 is 13.8. The van der Waals surface area contributed by atoms with E-state index in [1.165, 1.54) is 25.1 Å². The van der Waals surface area contributed by atoms with E-state index in [2.05, 4.69) is 17.2 Å². The molecule has 6 nitrogen and oxygen atoms in total. The van der Waals surface area contributed by atoms with Crippen molar-refractivity contribution in [2.24, 2.45) is 5.73 Å². The normalized spacial score (nSPS) is 12.7. The maximum Gasteiger partial charge on any atom is 0.243 e. The zero-order valence-corrected chi connectivity index (χ0v) is 14.3. The Labute approximate surface area is 146 Å². The number of carbonyl (C=O) groups excluding carboxylic acids is 3. The molecule has 0 radical (unpaired) electrons.